The van der Waals surface area contributed by atoms with Crippen molar-refractivity contribution in [1.29, 1.82) is 0 Å². The van der Waals surface area contributed by atoms with E-state index in [9.17, 15) is 14.0 Å². The second kappa shape index (κ2) is 7.66. The first-order valence-corrected chi connectivity index (χ1v) is 9.72. The average Bonchev–Trinajstić information content (AvgIpc) is 3.38. The zero-order chi connectivity index (χ0) is 18.8. The minimum absolute atomic E-state index is 0.0501. The molecule has 27 heavy (non-hydrogen) atoms. The van der Waals surface area contributed by atoms with Crippen molar-refractivity contribution in [3.8, 4) is 0 Å². The Bertz CT molecular complexity index is 838. The smallest absolute Gasteiger partial charge is 0.222 e. The normalized spacial score (nSPS) is 18.0. The lowest BCUT2D eigenvalue weighted by molar-refractivity contribution is -0.132. The Balaban J connectivity index is 1.26. The van der Waals surface area contributed by atoms with Crippen molar-refractivity contribution in [2.75, 3.05) is 13.1 Å². The van der Waals surface area contributed by atoms with E-state index in [0.717, 1.165) is 36.8 Å². The molecule has 6 nitrogen and oxygen atoms in total. The van der Waals surface area contributed by atoms with Crippen molar-refractivity contribution < 1.29 is 18.5 Å². The number of nitrogens with zero attached hydrogens (tertiary/aromatic N) is 2. The first kappa shape index (κ1) is 17.9. The summed E-state index contributed by atoms with van der Waals surface area (Å²) in [5.41, 5.74) is 1.38. The Morgan fingerprint density at radius 2 is 1.96 bits per heavy atom. The summed E-state index contributed by atoms with van der Waals surface area (Å²) in [4.78, 5) is 25.9. The second-order valence-electron chi connectivity index (χ2n) is 7.56. The fourth-order valence-electron chi connectivity index (χ4n) is 3.71. The highest BCUT2D eigenvalue weighted by Gasteiger charge is 2.27. The van der Waals surface area contributed by atoms with Crippen LogP contribution in [0.15, 0.2) is 22.7 Å². The van der Waals surface area contributed by atoms with Gasteiger partial charge in [-0.2, -0.15) is 0 Å². The van der Waals surface area contributed by atoms with Gasteiger partial charge in [-0.25, -0.2) is 4.39 Å². The van der Waals surface area contributed by atoms with Crippen LogP contribution in [0.3, 0.4) is 0 Å². The predicted octanol–water partition coefficient (Wildman–Crippen LogP) is 3.12. The Labute approximate surface area is 157 Å². The number of amides is 2. The third-order valence-electron chi connectivity index (χ3n) is 5.43. The van der Waals surface area contributed by atoms with Gasteiger partial charge in [0.15, 0.2) is 5.58 Å². The number of fused-ring (bicyclic) bond motifs is 1. The molecule has 1 aromatic heterocycles. The highest BCUT2D eigenvalue weighted by Crippen LogP contribution is 2.33. The van der Waals surface area contributed by atoms with Crippen LogP contribution in [0.25, 0.3) is 11.0 Å². The molecule has 1 saturated carbocycles. The highest BCUT2D eigenvalue weighted by atomic mass is 19.1. The number of rotatable bonds is 6. The van der Waals surface area contributed by atoms with Crippen molar-refractivity contribution in [1.82, 2.24) is 15.4 Å². The van der Waals surface area contributed by atoms with Gasteiger partial charge in [0.2, 0.25) is 11.8 Å². The predicted molar refractivity (Wildman–Crippen MR) is 97.5 cm³/mol. The van der Waals surface area contributed by atoms with Crippen LogP contribution < -0.4 is 5.32 Å². The number of aromatic nitrogens is 1. The maximum absolute atomic E-state index is 13.5. The molecule has 7 heteroatoms. The maximum atomic E-state index is 13.5. The van der Waals surface area contributed by atoms with Gasteiger partial charge in [0.25, 0.3) is 0 Å². The minimum Gasteiger partial charge on any atom is -0.356 e. The maximum Gasteiger partial charge on any atom is 0.222 e. The molecule has 2 fully saturated rings. The second-order valence-corrected chi connectivity index (χ2v) is 7.56. The zero-order valence-corrected chi connectivity index (χ0v) is 15.2. The SMILES string of the molecule is O=C(CCCC(=O)N1CCC(c2noc3ccc(F)cc23)CC1)NC1CC1. The number of carbonyl (C=O) groups excluding carboxylic acids is 2. The number of hydrogen-bond donors (Lipinski definition) is 1. The number of halogens is 1. The van der Waals surface area contributed by atoms with Gasteiger partial charge in [0, 0.05) is 43.3 Å². The third-order valence-corrected chi connectivity index (χ3v) is 5.43. The minimum atomic E-state index is -0.301. The Hall–Kier alpha value is -2.44. The molecule has 2 aromatic rings. The fraction of sp³-hybridized carbons (Fsp3) is 0.550. The van der Waals surface area contributed by atoms with Gasteiger partial charge in [-0.1, -0.05) is 5.16 Å². The van der Waals surface area contributed by atoms with Crippen molar-refractivity contribution in [3.05, 3.63) is 29.7 Å². The number of hydrogen-bond acceptors (Lipinski definition) is 4. The number of benzene rings is 1. The van der Waals surface area contributed by atoms with E-state index < -0.39 is 0 Å². The Morgan fingerprint density at radius 3 is 2.70 bits per heavy atom. The molecule has 2 aliphatic rings. The standard InChI is InChI=1S/C20H24FN3O3/c21-14-4-7-17-16(12-14)20(23-27-17)13-8-10-24(11-9-13)19(26)3-1-2-18(25)22-15-5-6-15/h4,7,12-13,15H,1-3,5-6,8-11H2,(H,22,25). The zero-order valence-electron chi connectivity index (χ0n) is 15.2. The summed E-state index contributed by atoms with van der Waals surface area (Å²) in [6, 6.07) is 4.79. The highest BCUT2D eigenvalue weighted by molar-refractivity contribution is 5.80. The van der Waals surface area contributed by atoms with Crippen molar-refractivity contribution in [2.45, 2.75) is 56.9 Å². The molecule has 0 radical (unpaired) electrons. The Kier molecular flexibility index (Phi) is 5.09. The van der Waals surface area contributed by atoms with Crippen LogP contribution in [-0.4, -0.2) is 41.0 Å². The van der Waals surface area contributed by atoms with E-state index in [1.165, 1.54) is 12.1 Å². The topological polar surface area (TPSA) is 75.4 Å². The summed E-state index contributed by atoms with van der Waals surface area (Å²) in [6.45, 7) is 1.31. The van der Waals surface area contributed by atoms with E-state index in [0.29, 0.717) is 44.0 Å². The Morgan fingerprint density at radius 1 is 1.19 bits per heavy atom. The molecule has 0 unspecified atom stereocenters. The van der Waals surface area contributed by atoms with E-state index >= 15 is 0 Å². The van der Waals surface area contributed by atoms with E-state index in [1.807, 2.05) is 4.90 Å². The van der Waals surface area contributed by atoms with Crippen molar-refractivity contribution in [3.63, 3.8) is 0 Å². The molecule has 2 heterocycles. The van der Waals surface area contributed by atoms with Gasteiger partial charge in [-0.05, 0) is 50.3 Å². The van der Waals surface area contributed by atoms with Crippen molar-refractivity contribution >= 4 is 22.8 Å². The lowest BCUT2D eigenvalue weighted by Gasteiger charge is -2.31. The van der Waals surface area contributed by atoms with E-state index in [4.69, 9.17) is 4.52 Å². The van der Waals surface area contributed by atoms with Crippen LogP contribution >= 0.6 is 0 Å². The molecular formula is C20H24FN3O3. The largest absolute Gasteiger partial charge is 0.356 e. The third kappa shape index (κ3) is 4.28. The van der Waals surface area contributed by atoms with Crippen LogP contribution in [0, 0.1) is 5.82 Å². The number of piperidine rings is 1. The summed E-state index contributed by atoms with van der Waals surface area (Å²) >= 11 is 0. The fourth-order valence-corrected chi connectivity index (χ4v) is 3.71. The lowest BCUT2D eigenvalue weighted by Crippen LogP contribution is -2.38. The molecule has 0 atom stereocenters. The molecule has 0 bridgehead atoms. The quantitative estimate of drug-likeness (QED) is 0.844. The van der Waals surface area contributed by atoms with Crippen LogP contribution in [0.2, 0.25) is 0 Å². The van der Waals surface area contributed by atoms with E-state index in [-0.39, 0.29) is 23.5 Å². The molecule has 2 amide bonds. The number of nitrogens with one attached hydrogen (secondary N) is 1. The van der Waals surface area contributed by atoms with Gasteiger partial charge in [0.1, 0.15) is 5.82 Å². The van der Waals surface area contributed by atoms with Crippen LogP contribution in [0.5, 0.6) is 0 Å². The van der Waals surface area contributed by atoms with Gasteiger partial charge < -0.3 is 14.7 Å². The molecule has 1 saturated heterocycles. The first-order chi connectivity index (χ1) is 13.1. The van der Waals surface area contributed by atoms with Gasteiger partial charge >= 0.3 is 0 Å². The average molecular weight is 373 g/mol. The molecular weight excluding hydrogens is 349 g/mol. The monoisotopic (exact) mass is 373 g/mol. The molecule has 1 aliphatic heterocycles. The van der Waals surface area contributed by atoms with E-state index in [1.54, 1.807) is 6.07 Å². The summed E-state index contributed by atoms with van der Waals surface area (Å²) in [5, 5.41) is 7.80. The van der Waals surface area contributed by atoms with Crippen LogP contribution in [0.4, 0.5) is 4.39 Å². The molecule has 1 N–H and O–H groups in total. The number of likely N-dealkylation sites (tertiary alicyclic amines) is 1. The summed E-state index contributed by atoms with van der Waals surface area (Å²) < 4.78 is 18.8. The summed E-state index contributed by atoms with van der Waals surface area (Å²) in [7, 11) is 0. The van der Waals surface area contributed by atoms with Crippen LogP contribution in [0.1, 0.15) is 56.6 Å². The van der Waals surface area contributed by atoms with E-state index in [2.05, 4.69) is 10.5 Å². The van der Waals surface area contributed by atoms with Gasteiger partial charge in [-0.15, -0.1) is 0 Å². The number of carbonyl (C=O) groups is 2. The molecule has 144 valence electrons. The first-order valence-electron chi connectivity index (χ1n) is 9.72. The van der Waals surface area contributed by atoms with Gasteiger partial charge in [-0.3, -0.25) is 9.59 Å². The lowest BCUT2D eigenvalue weighted by atomic mass is 9.91. The molecule has 1 aromatic carbocycles. The van der Waals surface area contributed by atoms with Crippen molar-refractivity contribution in [2.24, 2.45) is 0 Å². The molecule has 0 spiro atoms. The summed E-state index contributed by atoms with van der Waals surface area (Å²) in [6.07, 6.45) is 5.12. The van der Waals surface area contributed by atoms with Gasteiger partial charge in [0.05, 0.1) is 5.69 Å². The molecule has 1 aliphatic carbocycles. The van der Waals surface area contributed by atoms with Crippen LogP contribution in [-0.2, 0) is 9.59 Å². The summed E-state index contributed by atoms with van der Waals surface area (Å²) in [5.74, 6) is 0.0181. The molecule has 4 rings (SSSR count).